The molecule has 4 amide bonds. The molecular formula is C12H12ClN5O3. The van der Waals surface area contributed by atoms with Crippen LogP contribution in [0, 0.1) is 0 Å². The average molecular weight is 310 g/mol. The van der Waals surface area contributed by atoms with Crippen LogP contribution in [0.1, 0.15) is 23.3 Å². The van der Waals surface area contributed by atoms with E-state index in [1.165, 1.54) is 12.4 Å². The number of carbonyl (C=O) groups is 3. The van der Waals surface area contributed by atoms with Crippen molar-refractivity contribution in [2.75, 3.05) is 13.1 Å². The molecule has 21 heavy (non-hydrogen) atoms. The summed E-state index contributed by atoms with van der Waals surface area (Å²) in [5, 5.41) is 5.09. The molecule has 1 aromatic rings. The molecule has 1 aromatic heterocycles. The van der Waals surface area contributed by atoms with Gasteiger partial charge in [0.1, 0.15) is 16.4 Å². The van der Waals surface area contributed by atoms with Crippen LogP contribution >= 0.6 is 11.6 Å². The van der Waals surface area contributed by atoms with E-state index in [1.807, 2.05) is 0 Å². The zero-order valence-electron chi connectivity index (χ0n) is 10.9. The number of urea groups is 1. The molecule has 0 aromatic carbocycles. The number of nitrogens with one attached hydrogen (secondary N) is 2. The van der Waals surface area contributed by atoms with Gasteiger partial charge in [0.15, 0.2) is 0 Å². The lowest BCUT2D eigenvalue weighted by atomic mass is 9.87. The predicted molar refractivity (Wildman–Crippen MR) is 71.6 cm³/mol. The van der Waals surface area contributed by atoms with E-state index < -0.39 is 11.6 Å². The number of likely N-dealkylation sites (tertiary alicyclic amines) is 1. The minimum Gasteiger partial charge on any atom is -0.337 e. The highest BCUT2D eigenvalue weighted by Gasteiger charge is 2.48. The van der Waals surface area contributed by atoms with Crippen LogP contribution in [-0.4, -0.2) is 51.3 Å². The molecule has 110 valence electrons. The number of hydrogen-bond donors (Lipinski definition) is 2. The number of rotatable bonds is 1. The minimum absolute atomic E-state index is 0.204. The van der Waals surface area contributed by atoms with E-state index in [0.29, 0.717) is 25.9 Å². The number of amides is 4. The van der Waals surface area contributed by atoms with Crippen LogP contribution in [0.25, 0.3) is 0 Å². The Hall–Kier alpha value is -2.22. The Bertz CT molecular complexity index is 610. The quantitative estimate of drug-likeness (QED) is 0.707. The van der Waals surface area contributed by atoms with Gasteiger partial charge < -0.3 is 10.2 Å². The summed E-state index contributed by atoms with van der Waals surface area (Å²) in [6, 6.07) is -0.483. The van der Waals surface area contributed by atoms with Crippen molar-refractivity contribution >= 4 is 29.4 Å². The van der Waals surface area contributed by atoms with Gasteiger partial charge in [0.25, 0.3) is 11.8 Å². The average Bonchev–Trinajstić information content (AvgIpc) is 2.74. The van der Waals surface area contributed by atoms with Gasteiger partial charge in [0, 0.05) is 13.1 Å². The standard InChI is InChI=1S/C12H12ClN5O3/c13-8-6-14-7(5-15-8)9(19)18-3-1-12(2-4-18)10(20)16-11(21)17-12/h5-6H,1-4H2,(H2,16,17,20,21). The molecule has 2 saturated heterocycles. The van der Waals surface area contributed by atoms with Crippen molar-refractivity contribution in [3.63, 3.8) is 0 Å². The first-order valence-electron chi connectivity index (χ1n) is 6.41. The van der Waals surface area contributed by atoms with Gasteiger partial charge in [-0.25, -0.2) is 14.8 Å². The summed E-state index contributed by atoms with van der Waals surface area (Å²) in [7, 11) is 0. The number of hydrogen-bond acceptors (Lipinski definition) is 5. The predicted octanol–water partition coefficient (Wildman–Crippen LogP) is -0.0558. The Labute approximate surface area is 124 Å². The molecule has 2 N–H and O–H groups in total. The number of aromatic nitrogens is 2. The van der Waals surface area contributed by atoms with Crippen molar-refractivity contribution < 1.29 is 14.4 Å². The van der Waals surface area contributed by atoms with Gasteiger partial charge in [-0.3, -0.25) is 14.9 Å². The SMILES string of the molecule is O=C1NC(=O)C2(CCN(C(=O)c3cnc(Cl)cn3)CC2)N1. The molecule has 2 aliphatic rings. The molecule has 0 aliphatic carbocycles. The highest BCUT2D eigenvalue weighted by atomic mass is 35.5. The van der Waals surface area contributed by atoms with Crippen LogP contribution in [0.2, 0.25) is 5.15 Å². The second kappa shape index (κ2) is 4.96. The summed E-state index contributed by atoms with van der Waals surface area (Å²) < 4.78 is 0. The minimum atomic E-state index is -0.889. The van der Waals surface area contributed by atoms with Gasteiger partial charge in [-0.1, -0.05) is 11.6 Å². The molecule has 0 atom stereocenters. The van der Waals surface area contributed by atoms with Gasteiger partial charge >= 0.3 is 6.03 Å². The topological polar surface area (TPSA) is 104 Å². The first kappa shape index (κ1) is 13.7. The largest absolute Gasteiger partial charge is 0.337 e. The molecule has 2 fully saturated rings. The van der Waals surface area contributed by atoms with Crippen LogP contribution in [0.5, 0.6) is 0 Å². The zero-order valence-corrected chi connectivity index (χ0v) is 11.7. The lowest BCUT2D eigenvalue weighted by Gasteiger charge is -2.36. The Morgan fingerprint density at radius 2 is 1.95 bits per heavy atom. The number of carbonyl (C=O) groups excluding carboxylic acids is 3. The second-order valence-corrected chi connectivity index (χ2v) is 5.39. The summed E-state index contributed by atoms with van der Waals surface area (Å²) in [5.74, 6) is -0.593. The second-order valence-electron chi connectivity index (χ2n) is 5.01. The normalized spacial score (nSPS) is 20.3. The summed E-state index contributed by atoms with van der Waals surface area (Å²) in [6.07, 6.45) is 3.37. The van der Waals surface area contributed by atoms with Crippen molar-refractivity contribution in [3.05, 3.63) is 23.2 Å². The molecule has 0 unspecified atom stereocenters. The fourth-order valence-corrected chi connectivity index (χ4v) is 2.65. The highest BCUT2D eigenvalue weighted by molar-refractivity contribution is 6.29. The summed E-state index contributed by atoms with van der Waals surface area (Å²) in [6.45, 7) is 0.716. The highest BCUT2D eigenvalue weighted by Crippen LogP contribution is 2.26. The third kappa shape index (κ3) is 2.42. The zero-order chi connectivity index (χ0) is 15.0. The van der Waals surface area contributed by atoms with Crippen molar-refractivity contribution in [2.24, 2.45) is 0 Å². The number of halogens is 1. The van der Waals surface area contributed by atoms with Gasteiger partial charge in [0.05, 0.1) is 12.4 Å². The van der Waals surface area contributed by atoms with Crippen LogP contribution in [-0.2, 0) is 4.79 Å². The van der Waals surface area contributed by atoms with Crippen LogP contribution in [0.3, 0.4) is 0 Å². The third-order valence-electron chi connectivity index (χ3n) is 3.76. The molecule has 0 radical (unpaired) electrons. The van der Waals surface area contributed by atoms with Gasteiger partial charge in [-0.2, -0.15) is 0 Å². The number of nitrogens with zero attached hydrogens (tertiary/aromatic N) is 3. The van der Waals surface area contributed by atoms with E-state index in [0.717, 1.165) is 0 Å². The van der Waals surface area contributed by atoms with Crippen molar-refractivity contribution in [2.45, 2.75) is 18.4 Å². The van der Waals surface area contributed by atoms with Gasteiger partial charge in [-0.15, -0.1) is 0 Å². The fourth-order valence-electron chi connectivity index (χ4n) is 2.56. The van der Waals surface area contributed by atoms with E-state index in [2.05, 4.69) is 20.6 Å². The van der Waals surface area contributed by atoms with Crippen molar-refractivity contribution in [3.8, 4) is 0 Å². The monoisotopic (exact) mass is 309 g/mol. The number of imide groups is 1. The molecule has 3 rings (SSSR count). The molecular weight excluding hydrogens is 298 g/mol. The lowest BCUT2D eigenvalue weighted by Crippen LogP contribution is -2.55. The van der Waals surface area contributed by atoms with E-state index in [-0.39, 0.29) is 22.7 Å². The molecule has 2 aliphatic heterocycles. The van der Waals surface area contributed by atoms with E-state index in [4.69, 9.17) is 11.6 Å². The Kier molecular flexibility index (Phi) is 3.25. The number of piperidine rings is 1. The van der Waals surface area contributed by atoms with Crippen LogP contribution < -0.4 is 10.6 Å². The fraction of sp³-hybridized carbons (Fsp3) is 0.417. The van der Waals surface area contributed by atoms with E-state index >= 15 is 0 Å². The first-order valence-corrected chi connectivity index (χ1v) is 6.78. The van der Waals surface area contributed by atoms with Crippen LogP contribution in [0.15, 0.2) is 12.4 Å². The van der Waals surface area contributed by atoms with Crippen LogP contribution in [0.4, 0.5) is 4.79 Å². The maximum atomic E-state index is 12.3. The summed E-state index contributed by atoms with van der Waals surface area (Å²) in [4.78, 5) is 44.6. The molecule has 3 heterocycles. The Morgan fingerprint density at radius 1 is 1.24 bits per heavy atom. The van der Waals surface area contributed by atoms with Gasteiger partial charge in [-0.05, 0) is 12.8 Å². The van der Waals surface area contributed by atoms with E-state index in [9.17, 15) is 14.4 Å². The molecule has 0 bridgehead atoms. The molecule has 1 spiro atoms. The Balaban J connectivity index is 1.68. The van der Waals surface area contributed by atoms with Gasteiger partial charge in [0.2, 0.25) is 0 Å². The first-order chi connectivity index (χ1) is 10.00. The maximum Gasteiger partial charge on any atom is 0.322 e. The summed E-state index contributed by atoms with van der Waals surface area (Å²) >= 11 is 5.63. The lowest BCUT2D eigenvalue weighted by molar-refractivity contribution is -0.125. The molecule has 8 nitrogen and oxygen atoms in total. The maximum absolute atomic E-state index is 12.3. The van der Waals surface area contributed by atoms with Crippen molar-refractivity contribution in [1.82, 2.24) is 25.5 Å². The van der Waals surface area contributed by atoms with Crippen molar-refractivity contribution in [1.29, 1.82) is 0 Å². The molecule has 9 heteroatoms. The molecule has 0 saturated carbocycles. The van der Waals surface area contributed by atoms with E-state index in [1.54, 1.807) is 4.90 Å². The smallest absolute Gasteiger partial charge is 0.322 e. The summed E-state index contributed by atoms with van der Waals surface area (Å²) in [5.41, 5.74) is -0.685. The third-order valence-corrected chi connectivity index (χ3v) is 3.95. The Morgan fingerprint density at radius 3 is 2.48 bits per heavy atom.